The van der Waals surface area contributed by atoms with Crippen molar-refractivity contribution in [3.05, 3.63) is 28.3 Å². The molecule has 138 valence electrons. The van der Waals surface area contributed by atoms with Gasteiger partial charge < -0.3 is 15.2 Å². The van der Waals surface area contributed by atoms with Gasteiger partial charge in [-0.3, -0.25) is 4.79 Å². The zero-order valence-corrected chi connectivity index (χ0v) is 16.5. The maximum absolute atomic E-state index is 12.3. The number of carboxylic acid groups (broad SMARTS) is 1. The largest absolute Gasteiger partial charge is 0.496 e. The molecule has 1 atom stereocenters. The summed E-state index contributed by atoms with van der Waals surface area (Å²) < 4.78 is 5.30. The summed E-state index contributed by atoms with van der Waals surface area (Å²) in [6, 6.07) is 0.983. The first-order valence-corrected chi connectivity index (χ1v) is 8.51. The summed E-state index contributed by atoms with van der Waals surface area (Å²) in [4.78, 5) is 23.3. The number of hydrogen-bond donors (Lipinski definition) is 2. The summed E-state index contributed by atoms with van der Waals surface area (Å²) in [5.74, 6) is -0.757. The van der Waals surface area contributed by atoms with Crippen LogP contribution in [0.4, 0.5) is 0 Å². The first kappa shape index (κ1) is 24.2. The minimum Gasteiger partial charge on any atom is -0.496 e. The van der Waals surface area contributed by atoms with Crippen LogP contribution in [0.15, 0.2) is 6.07 Å². The van der Waals surface area contributed by atoms with Gasteiger partial charge in [0.1, 0.15) is 11.8 Å². The van der Waals surface area contributed by atoms with E-state index in [9.17, 15) is 9.59 Å². The molecule has 5 heteroatoms. The van der Waals surface area contributed by atoms with Crippen molar-refractivity contribution in [3.63, 3.8) is 0 Å². The van der Waals surface area contributed by atoms with Crippen molar-refractivity contribution in [3.8, 4) is 5.75 Å². The lowest BCUT2D eigenvalue weighted by molar-refractivity contribution is -0.139. The van der Waals surface area contributed by atoms with E-state index in [0.717, 1.165) is 16.7 Å². The van der Waals surface area contributed by atoms with Crippen LogP contribution >= 0.6 is 0 Å². The molecular formula is C19H33NO4. The van der Waals surface area contributed by atoms with Gasteiger partial charge in [-0.15, -0.1) is 0 Å². The highest BCUT2D eigenvalue weighted by Gasteiger charge is 2.22. The van der Waals surface area contributed by atoms with Crippen molar-refractivity contribution in [1.82, 2.24) is 5.32 Å². The lowest BCUT2D eigenvalue weighted by Gasteiger charge is -2.18. The van der Waals surface area contributed by atoms with Gasteiger partial charge >= 0.3 is 5.97 Å². The van der Waals surface area contributed by atoms with E-state index in [1.54, 1.807) is 21.0 Å². The zero-order valence-electron chi connectivity index (χ0n) is 16.5. The fourth-order valence-electron chi connectivity index (χ4n) is 2.40. The van der Waals surface area contributed by atoms with E-state index >= 15 is 0 Å². The maximum atomic E-state index is 12.3. The highest BCUT2D eigenvalue weighted by Crippen LogP contribution is 2.28. The molecule has 1 aromatic carbocycles. The normalized spacial score (nSPS) is 10.4. The second kappa shape index (κ2) is 12.4. The standard InChI is InChI=1S/C15H21NO4.2C2H6/c1-6-11(15(18)19)16-14(17)12-8(2)7-9(3)13(20-5)10(12)4;2*1-2/h7,11H,6H2,1-5H3,(H,16,17)(H,18,19);2*1-2H3. The van der Waals surface area contributed by atoms with Crippen molar-refractivity contribution in [2.75, 3.05) is 7.11 Å². The first-order valence-electron chi connectivity index (χ1n) is 8.51. The SMILES string of the molecule is CC.CC.CCC(NC(=O)c1c(C)cc(C)c(OC)c1C)C(=O)O. The van der Waals surface area contributed by atoms with Crippen LogP contribution < -0.4 is 10.1 Å². The summed E-state index contributed by atoms with van der Waals surface area (Å²) in [6.45, 7) is 15.3. The fourth-order valence-corrected chi connectivity index (χ4v) is 2.40. The Hall–Kier alpha value is -2.04. The molecule has 2 N–H and O–H groups in total. The highest BCUT2D eigenvalue weighted by atomic mass is 16.5. The third-order valence-electron chi connectivity index (χ3n) is 3.34. The lowest BCUT2D eigenvalue weighted by atomic mass is 9.97. The number of nitrogens with one attached hydrogen (secondary N) is 1. The van der Waals surface area contributed by atoms with Crippen LogP contribution in [0, 0.1) is 20.8 Å². The van der Waals surface area contributed by atoms with E-state index in [0.29, 0.717) is 17.7 Å². The molecule has 0 heterocycles. The molecule has 5 nitrogen and oxygen atoms in total. The van der Waals surface area contributed by atoms with Crippen molar-refractivity contribution < 1.29 is 19.4 Å². The molecule has 0 aliphatic carbocycles. The van der Waals surface area contributed by atoms with Crippen LogP contribution in [-0.4, -0.2) is 30.1 Å². The Labute approximate surface area is 146 Å². The quantitative estimate of drug-likeness (QED) is 0.840. The number of carbonyl (C=O) groups excluding carboxylic acids is 1. The third kappa shape index (κ3) is 6.22. The maximum Gasteiger partial charge on any atom is 0.326 e. The molecular weight excluding hydrogens is 306 g/mol. The van der Waals surface area contributed by atoms with Crippen LogP contribution in [0.1, 0.15) is 68.1 Å². The van der Waals surface area contributed by atoms with Gasteiger partial charge in [0, 0.05) is 11.1 Å². The number of benzene rings is 1. The smallest absolute Gasteiger partial charge is 0.326 e. The Balaban J connectivity index is 0. The van der Waals surface area contributed by atoms with Crippen LogP contribution in [0.5, 0.6) is 5.75 Å². The van der Waals surface area contributed by atoms with Gasteiger partial charge in [0.25, 0.3) is 5.91 Å². The molecule has 1 amide bonds. The second-order valence-electron chi connectivity index (χ2n) is 4.82. The molecule has 0 saturated heterocycles. The van der Waals surface area contributed by atoms with Gasteiger partial charge in [0.2, 0.25) is 0 Å². The van der Waals surface area contributed by atoms with E-state index in [1.165, 1.54) is 0 Å². The Bertz CT molecular complexity index is 539. The number of amides is 1. The molecule has 24 heavy (non-hydrogen) atoms. The Morgan fingerprint density at radius 1 is 1.12 bits per heavy atom. The Morgan fingerprint density at radius 3 is 2.00 bits per heavy atom. The summed E-state index contributed by atoms with van der Waals surface area (Å²) in [7, 11) is 1.55. The van der Waals surface area contributed by atoms with Crippen molar-refractivity contribution >= 4 is 11.9 Å². The highest BCUT2D eigenvalue weighted by molar-refractivity contribution is 5.99. The molecule has 0 fully saturated rings. The monoisotopic (exact) mass is 339 g/mol. The van der Waals surface area contributed by atoms with Crippen LogP contribution in [0.3, 0.4) is 0 Å². The van der Waals surface area contributed by atoms with E-state index in [4.69, 9.17) is 9.84 Å². The number of carbonyl (C=O) groups is 2. The fraction of sp³-hybridized carbons (Fsp3) is 0.579. The third-order valence-corrected chi connectivity index (χ3v) is 3.34. The van der Waals surface area contributed by atoms with E-state index in [1.807, 2.05) is 47.6 Å². The van der Waals surface area contributed by atoms with Crippen LogP contribution in [0.2, 0.25) is 0 Å². The summed E-state index contributed by atoms with van der Waals surface area (Å²) in [5, 5.41) is 11.6. The van der Waals surface area contributed by atoms with Crippen molar-refractivity contribution in [2.24, 2.45) is 0 Å². The van der Waals surface area contributed by atoms with Crippen LogP contribution in [0.25, 0.3) is 0 Å². The average Bonchev–Trinajstić information content (AvgIpc) is 2.56. The van der Waals surface area contributed by atoms with Gasteiger partial charge in [-0.05, 0) is 38.3 Å². The zero-order chi connectivity index (χ0) is 19.4. The number of hydrogen-bond acceptors (Lipinski definition) is 3. The molecule has 0 radical (unpaired) electrons. The summed E-state index contributed by atoms with van der Waals surface area (Å²) in [5.41, 5.74) is 2.96. The molecule has 1 rings (SSSR count). The average molecular weight is 339 g/mol. The number of aliphatic carboxylic acids is 1. The summed E-state index contributed by atoms with van der Waals surface area (Å²) in [6.07, 6.45) is 0.335. The molecule has 0 aliphatic rings. The lowest BCUT2D eigenvalue weighted by Crippen LogP contribution is -2.40. The number of ether oxygens (including phenoxy) is 1. The summed E-state index contributed by atoms with van der Waals surface area (Å²) >= 11 is 0. The van der Waals surface area contributed by atoms with Gasteiger partial charge in [-0.2, -0.15) is 0 Å². The van der Waals surface area contributed by atoms with Gasteiger partial charge in [0.05, 0.1) is 7.11 Å². The molecule has 0 bridgehead atoms. The number of carboxylic acids is 1. The second-order valence-corrected chi connectivity index (χ2v) is 4.82. The predicted octanol–water partition coefficient (Wildman–Crippen LogP) is 4.27. The van der Waals surface area contributed by atoms with Gasteiger partial charge in [-0.25, -0.2) is 4.79 Å². The molecule has 1 unspecified atom stereocenters. The van der Waals surface area contributed by atoms with Crippen LogP contribution in [-0.2, 0) is 4.79 Å². The van der Waals surface area contributed by atoms with E-state index < -0.39 is 12.0 Å². The minimum atomic E-state index is -1.03. The topological polar surface area (TPSA) is 75.6 Å². The number of methoxy groups -OCH3 is 1. The van der Waals surface area contributed by atoms with E-state index in [2.05, 4.69) is 5.32 Å². The predicted molar refractivity (Wildman–Crippen MR) is 99.1 cm³/mol. The van der Waals surface area contributed by atoms with Crippen molar-refractivity contribution in [1.29, 1.82) is 0 Å². The van der Waals surface area contributed by atoms with Crippen molar-refractivity contribution in [2.45, 2.75) is 67.9 Å². The molecule has 0 spiro atoms. The molecule has 0 aliphatic heterocycles. The Kier molecular flexibility index (Phi) is 12.5. The van der Waals surface area contributed by atoms with E-state index in [-0.39, 0.29) is 5.91 Å². The molecule has 0 aromatic heterocycles. The first-order chi connectivity index (χ1) is 11.3. The molecule has 1 aromatic rings. The number of rotatable bonds is 5. The molecule has 0 saturated carbocycles. The number of aryl methyl sites for hydroxylation is 2. The Morgan fingerprint density at radius 2 is 1.62 bits per heavy atom. The van der Waals surface area contributed by atoms with Gasteiger partial charge in [0.15, 0.2) is 0 Å². The minimum absolute atomic E-state index is 0.335. The van der Waals surface area contributed by atoms with Gasteiger partial charge in [-0.1, -0.05) is 40.7 Å².